The summed E-state index contributed by atoms with van der Waals surface area (Å²) in [6.07, 6.45) is 3.95. The minimum atomic E-state index is -2.02. The van der Waals surface area contributed by atoms with Crippen molar-refractivity contribution in [3.8, 4) is 22.8 Å². The second-order valence-electron chi connectivity index (χ2n) is 14.1. The van der Waals surface area contributed by atoms with Crippen molar-refractivity contribution in [1.29, 1.82) is 0 Å². The van der Waals surface area contributed by atoms with Crippen LogP contribution in [0.25, 0.3) is 22.2 Å². The molecule has 4 N–H and O–H groups in total. The van der Waals surface area contributed by atoms with Gasteiger partial charge in [0.1, 0.15) is 34.7 Å². The number of aromatic nitrogens is 1. The van der Waals surface area contributed by atoms with Gasteiger partial charge in [-0.25, -0.2) is 9.78 Å². The summed E-state index contributed by atoms with van der Waals surface area (Å²) in [6, 6.07) is 16.7. The number of allylic oxidation sites excluding steroid dienone is 1. The fraction of sp³-hybridized carbons (Fsp3) is 0.432. The fourth-order valence-corrected chi connectivity index (χ4v) is 6.68. The van der Waals surface area contributed by atoms with Gasteiger partial charge >= 0.3 is 11.9 Å². The largest absolute Gasteiger partial charge is 0.497 e. The number of carboxylic acid groups (broad SMARTS) is 1. The Morgan fingerprint density at radius 2 is 1.84 bits per heavy atom. The summed E-state index contributed by atoms with van der Waals surface area (Å²) >= 11 is 0. The molecule has 1 aromatic heterocycles. The van der Waals surface area contributed by atoms with Crippen LogP contribution >= 0.6 is 0 Å². The maximum absolute atomic E-state index is 14.4. The van der Waals surface area contributed by atoms with E-state index in [0.29, 0.717) is 40.9 Å². The number of aliphatic carboxylic acids is 1. The number of rotatable bonds is 6. The molecule has 12 nitrogen and oxygen atoms in total. The maximum atomic E-state index is 14.4. The topological polar surface area (TPSA) is 170 Å². The minimum absolute atomic E-state index is 0.134. The van der Waals surface area contributed by atoms with Gasteiger partial charge in [-0.2, -0.15) is 0 Å². The van der Waals surface area contributed by atoms with Gasteiger partial charge in [-0.05, 0) is 58.6 Å². The van der Waals surface area contributed by atoms with Gasteiger partial charge < -0.3 is 35.3 Å². The predicted octanol–water partition coefficient (Wildman–Crippen LogP) is 4.20. The third kappa shape index (κ3) is 6.69. The minimum Gasteiger partial charge on any atom is -0.497 e. The van der Waals surface area contributed by atoms with Crippen molar-refractivity contribution in [2.24, 2.45) is 17.6 Å². The van der Waals surface area contributed by atoms with E-state index in [-0.39, 0.29) is 25.8 Å². The molecule has 2 aliphatic heterocycles. The first kappa shape index (κ1) is 33.9. The van der Waals surface area contributed by atoms with Gasteiger partial charge in [0.05, 0.1) is 24.9 Å². The number of carbonyl (C=O) groups is 4. The number of ether oxygens (including phenoxy) is 3. The van der Waals surface area contributed by atoms with E-state index in [1.54, 1.807) is 52.2 Å². The van der Waals surface area contributed by atoms with Gasteiger partial charge in [-0.1, -0.05) is 42.5 Å². The summed E-state index contributed by atoms with van der Waals surface area (Å²) in [4.78, 5) is 60.4. The average Bonchev–Trinajstić information content (AvgIpc) is 3.65. The van der Waals surface area contributed by atoms with Gasteiger partial charge in [0.15, 0.2) is 5.66 Å². The van der Waals surface area contributed by atoms with Crippen molar-refractivity contribution < 1.29 is 38.5 Å². The Kier molecular flexibility index (Phi) is 8.87. The van der Waals surface area contributed by atoms with Crippen LogP contribution in [0.15, 0.2) is 66.7 Å². The number of fused-ring (bicyclic) bond motifs is 3. The average molecular weight is 671 g/mol. The molecule has 6 rings (SSSR count). The molecule has 0 unspecified atom stereocenters. The van der Waals surface area contributed by atoms with E-state index < -0.39 is 58.5 Å². The van der Waals surface area contributed by atoms with Gasteiger partial charge in [0.25, 0.3) is 5.91 Å². The number of carboxylic acids is 1. The Labute approximate surface area is 284 Å². The molecular weight excluding hydrogens is 628 g/mol. The van der Waals surface area contributed by atoms with Crippen molar-refractivity contribution in [1.82, 2.24) is 15.2 Å². The number of hydrogen-bond donors (Lipinski definition) is 3. The monoisotopic (exact) mass is 670 g/mol. The second-order valence-corrected chi connectivity index (χ2v) is 14.1. The number of amides is 2. The number of methoxy groups -OCH3 is 1. The van der Waals surface area contributed by atoms with Crippen LogP contribution in [-0.4, -0.2) is 75.3 Å². The van der Waals surface area contributed by atoms with E-state index in [4.69, 9.17) is 24.9 Å². The number of benzene rings is 2. The lowest BCUT2D eigenvalue weighted by atomic mass is 9.97. The van der Waals surface area contributed by atoms with Gasteiger partial charge in [-0.15, -0.1) is 0 Å². The molecule has 3 aliphatic rings. The molecule has 1 saturated carbocycles. The van der Waals surface area contributed by atoms with Crippen molar-refractivity contribution in [3.63, 3.8) is 0 Å². The Balaban J connectivity index is 1.39. The van der Waals surface area contributed by atoms with Crippen LogP contribution in [-0.2, 0) is 23.9 Å². The number of hydrogen-bond acceptors (Lipinski definition) is 9. The predicted molar refractivity (Wildman–Crippen MR) is 180 cm³/mol. The Morgan fingerprint density at radius 1 is 1.08 bits per heavy atom. The highest BCUT2D eigenvalue weighted by Gasteiger charge is 2.63. The SMILES string of the molecule is COc1ccc2c(O[C@H]3CN4C(=O)[C@@H](C(=O)OC(C)(C)C)CCC/C=C/[C@@H]5C[C@@]5(C(=O)O)NC(=O)[C@]4(N)C3)cc(-c3ccccc3)nc2c1. The van der Waals surface area contributed by atoms with Crippen LogP contribution in [0.2, 0.25) is 0 Å². The standard InChI is InChI=1S/C37H42N4O8/c1-35(2,3)49-32(43)27-14-10-6-9-13-23-19-36(23,34(45)46)40-33(44)37(38)20-25(21-41(37)31(27)42)48-30-18-28(22-11-7-5-8-12-22)39-29-17-24(47-4)15-16-26(29)30/h5,7-9,11-13,15-18,23,25,27H,6,10,14,19-21,38H2,1-4H3,(H,40,44)(H,45,46)/b13-9+/t23-,25-,27+,36-,37+/m1/s1. The normalized spacial score (nSPS) is 27.8. The summed E-state index contributed by atoms with van der Waals surface area (Å²) in [5, 5.41) is 13.5. The molecule has 0 bridgehead atoms. The highest BCUT2D eigenvalue weighted by molar-refractivity contribution is 6.02. The highest BCUT2D eigenvalue weighted by atomic mass is 16.6. The first-order chi connectivity index (χ1) is 23.2. The van der Waals surface area contributed by atoms with Crippen LogP contribution in [0.5, 0.6) is 11.5 Å². The summed E-state index contributed by atoms with van der Waals surface area (Å²) in [6.45, 7) is 5.01. The Hall–Kier alpha value is -4.97. The van der Waals surface area contributed by atoms with Crippen molar-refractivity contribution in [2.45, 2.75) is 75.8 Å². The van der Waals surface area contributed by atoms with Gasteiger partial charge in [0, 0.05) is 35.4 Å². The number of nitrogens with zero attached hydrogens (tertiary/aromatic N) is 2. The summed E-state index contributed by atoms with van der Waals surface area (Å²) < 4.78 is 17.7. The molecule has 1 saturated heterocycles. The van der Waals surface area contributed by atoms with E-state index in [9.17, 15) is 24.3 Å². The number of carbonyl (C=O) groups excluding carboxylic acids is 3. The summed E-state index contributed by atoms with van der Waals surface area (Å²) in [5.74, 6) is -4.02. The Bertz CT molecular complexity index is 1820. The van der Waals surface area contributed by atoms with E-state index in [2.05, 4.69) is 5.32 Å². The summed E-state index contributed by atoms with van der Waals surface area (Å²) in [5.41, 5.74) is 4.54. The lowest BCUT2D eigenvalue weighted by Gasteiger charge is -2.36. The first-order valence-corrected chi connectivity index (χ1v) is 16.5. The molecule has 2 fully saturated rings. The van der Waals surface area contributed by atoms with Crippen LogP contribution in [0.3, 0.4) is 0 Å². The third-order valence-electron chi connectivity index (χ3n) is 9.36. The molecule has 0 radical (unpaired) electrons. The first-order valence-electron chi connectivity index (χ1n) is 16.5. The van der Waals surface area contributed by atoms with E-state index in [0.717, 1.165) is 5.56 Å². The van der Waals surface area contributed by atoms with E-state index >= 15 is 0 Å². The molecule has 258 valence electrons. The van der Waals surface area contributed by atoms with E-state index in [1.165, 1.54) is 4.90 Å². The molecule has 5 atom stereocenters. The molecule has 1 aliphatic carbocycles. The zero-order valence-electron chi connectivity index (χ0n) is 28.1. The molecule has 3 heterocycles. The number of nitrogens with one attached hydrogen (secondary N) is 1. The smallest absolute Gasteiger partial charge is 0.330 e. The quantitative estimate of drug-likeness (QED) is 0.196. The number of nitrogens with two attached hydrogens (primary N) is 1. The van der Waals surface area contributed by atoms with Crippen molar-refractivity contribution >= 4 is 34.7 Å². The molecule has 2 aromatic carbocycles. The molecule has 3 aromatic rings. The zero-order chi connectivity index (χ0) is 35.1. The molecule has 12 heteroatoms. The third-order valence-corrected chi connectivity index (χ3v) is 9.36. The lowest BCUT2D eigenvalue weighted by Crippen LogP contribution is -2.67. The molecule has 2 amide bonds. The van der Waals surface area contributed by atoms with Crippen molar-refractivity contribution in [3.05, 3.63) is 66.7 Å². The molecule has 49 heavy (non-hydrogen) atoms. The number of esters is 1. The van der Waals surface area contributed by atoms with Crippen LogP contribution in [0, 0.1) is 11.8 Å². The van der Waals surface area contributed by atoms with Crippen LogP contribution in [0.1, 0.15) is 52.9 Å². The van der Waals surface area contributed by atoms with E-state index in [1.807, 2.05) is 42.5 Å². The maximum Gasteiger partial charge on any atom is 0.330 e. The molecular formula is C37H42N4O8. The highest BCUT2D eigenvalue weighted by Crippen LogP contribution is 2.46. The fourth-order valence-electron chi connectivity index (χ4n) is 6.68. The molecule has 0 spiro atoms. The lowest BCUT2D eigenvalue weighted by molar-refractivity contribution is -0.167. The number of pyridine rings is 1. The van der Waals surface area contributed by atoms with Crippen LogP contribution in [0.4, 0.5) is 0 Å². The second kappa shape index (κ2) is 12.8. The van der Waals surface area contributed by atoms with Gasteiger partial charge in [-0.3, -0.25) is 14.4 Å². The van der Waals surface area contributed by atoms with Crippen LogP contribution < -0.4 is 20.5 Å². The zero-order valence-corrected chi connectivity index (χ0v) is 28.1. The Morgan fingerprint density at radius 3 is 2.53 bits per heavy atom. The van der Waals surface area contributed by atoms with Gasteiger partial charge in [0.2, 0.25) is 5.91 Å². The van der Waals surface area contributed by atoms with Crippen molar-refractivity contribution in [2.75, 3.05) is 13.7 Å². The summed E-state index contributed by atoms with van der Waals surface area (Å²) in [7, 11) is 1.57.